The van der Waals surface area contributed by atoms with E-state index in [0.29, 0.717) is 22.7 Å². The van der Waals surface area contributed by atoms with E-state index in [9.17, 15) is 14.0 Å². The molecule has 1 amide bonds. The molecule has 0 N–H and O–H groups in total. The normalized spacial score (nSPS) is 17.0. The van der Waals surface area contributed by atoms with Crippen molar-refractivity contribution in [3.63, 3.8) is 0 Å². The SMILES string of the molecule is CC(=O)c1ccc(F)cc1-c1ccc(C(=O)N2CC[C@H](N(C)C)C2)cc1. The van der Waals surface area contributed by atoms with Gasteiger partial charge in [-0.15, -0.1) is 0 Å². The zero-order chi connectivity index (χ0) is 18.8. The van der Waals surface area contributed by atoms with E-state index in [4.69, 9.17) is 0 Å². The maximum atomic E-state index is 13.6. The molecule has 0 bridgehead atoms. The van der Waals surface area contributed by atoms with Crippen molar-refractivity contribution in [2.75, 3.05) is 27.2 Å². The predicted molar refractivity (Wildman–Crippen MR) is 99.8 cm³/mol. The fraction of sp³-hybridized carbons (Fsp3) is 0.333. The van der Waals surface area contributed by atoms with Crippen LogP contribution in [0.15, 0.2) is 42.5 Å². The molecule has 0 unspecified atom stereocenters. The van der Waals surface area contributed by atoms with Crippen molar-refractivity contribution in [2.24, 2.45) is 0 Å². The van der Waals surface area contributed by atoms with Crippen molar-refractivity contribution in [2.45, 2.75) is 19.4 Å². The number of nitrogens with zero attached hydrogens (tertiary/aromatic N) is 2. The van der Waals surface area contributed by atoms with Crippen LogP contribution in [-0.2, 0) is 0 Å². The zero-order valence-corrected chi connectivity index (χ0v) is 15.3. The fourth-order valence-electron chi connectivity index (χ4n) is 3.39. The smallest absolute Gasteiger partial charge is 0.253 e. The first-order chi connectivity index (χ1) is 12.4. The Hall–Kier alpha value is -2.53. The van der Waals surface area contributed by atoms with Crippen LogP contribution in [0.25, 0.3) is 11.1 Å². The molecule has 0 radical (unpaired) electrons. The molecule has 26 heavy (non-hydrogen) atoms. The van der Waals surface area contributed by atoms with E-state index in [1.54, 1.807) is 24.3 Å². The van der Waals surface area contributed by atoms with Crippen LogP contribution < -0.4 is 0 Å². The van der Waals surface area contributed by atoms with Crippen molar-refractivity contribution < 1.29 is 14.0 Å². The van der Waals surface area contributed by atoms with E-state index in [-0.39, 0.29) is 11.7 Å². The Morgan fingerprint density at radius 1 is 1.12 bits per heavy atom. The van der Waals surface area contributed by atoms with Crippen molar-refractivity contribution in [1.82, 2.24) is 9.80 Å². The third-order valence-corrected chi connectivity index (χ3v) is 4.98. The standard InChI is InChI=1S/C21H23FN2O2/c1-14(25)19-9-8-17(22)12-20(19)15-4-6-16(7-5-15)21(26)24-11-10-18(13-24)23(2)3/h4-9,12,18H,10-11,13H2,1-3H3/t18-/m0/s1. The van der Waals surface area contributed by atoms with Gasteiger partial charge in [0.1, 0.15) is 5.82 Å². The highest BCUT2D eigenvalue weighted by Crippen LogP contribution is 2.26. The van der Waals surface area contributed by atoms with E-state index in [1.807, 2.05) is 19.0 Å². The molecule has 2 aromatic rings. The molecule has 0 saturated carbocycles. The van der Waals surface area contributed by atoms with Crippen LogP contribution in [0.3, 0.4) is 0 Å². The predicted octanol–water partition coefficient (Wildman–Crippen LogP) is 3.47. The summed E-state index contributed by atoms with van der Waals surface area (Å²) in [4.78, 5) is 28.5. The average Bonchev–Trinajstić information content (AvgIpc) is 3.11. The van der Waals surface area contributed by atoms with Gasteiger partial charge < -0.3 is 9.80 Å². The molecule has 0 aliphatic carbocycles. The van der Waals surface area contributed by atoms with Gasteiger partial charge in [0.2, 0.25) is 0 Å². The number of hydrogen-bond acceptors (Lipinski definition) is 3. The lowest BCUT2D eigenvalue weighted by molar-refractivity contribution is 0.0783. The maximum absolute atomic E-state index is 13.6. The molecule has 2 aromatic carbocycles. The highest BCUT2D eigenvalue weighted by molar-refractivity contribution is 6.01. The average molecular weight is 354 g/mol. The monoisotopic (exact) mass is 354 g/mol. The van der Waals surface area contributed by atoms with Crippen LogP contribution in [0.4, 0.5) is 4.39 Å². The van der Waals surface area contributed by atoms with Crippen LogP contribution in [-0.4, -0.2) is 54.7 Å². The minimum Gasteiger partial charge on any atom is -0.337 e. The van der Waals surface area contributed by atoms with Crippen LogP contribution in [0.1, 0.15) is 34.1 Å². The van der Waals surface area contributed by atoms with E-state index in [0.717, 1.165) is 25.1 Å². The van der Waals surface area contributed by atoms with E-state index in [2.05, 4.69) is 4.90 Å². The lowest BCUT2D eigenvalue weighted by Crippen LogP contribution is -2.34. The van der Waals surface area contributed by atoms with Gasteiger partial charge in [-0.1, -0.05) is 12.1 Å². The zero-order valence-electron chi connectivity index (χ0n) is 15.3. The van der Waals surface area contributed by atoms with Crippen LogP contribution in [0, 0.1) is 5.82 Å². The maximum Gasteiger partial charge on any atom is 0.253 e. The number of hydrogen-bond donors (Lipinski definition) is 0. The number of rotatable bonds is 4. The summed E-state index contributed by atoms with van der Waals surface area (Å²) in [6.07, 6.45) is 0.974. The molecule has 0 aromatic heterocycles. The van der Waals surface area contributed by atoms with Gasteiger partial charge in [0.25, 0.3) is 5.91 Å². The molecule has 0 spiro atoms. The summed E-state index contributed by atoms with van der Waals surface area (Å²) in [5.41, 5.74) is 2.34. The summed E-state index contributed by atoms with van der Waals surface area (Å²) >= 11 is 0. The molecular weight excluding hydrogens is 331 g/mol. The number of halogens is 1. The lowest BCUT2D eigenvalue weighted by Gasteiger charge is -2.20. The summed E-state index contributed by atoms with van der Waals surface area (Å²) < 4.78 is 13.6. The second-order valence-electron chi connectivity index (χ2n) is 6.98. The lowest BCUT2D eigenvalue weighted by atomic mass is 9.96. The number of benzene rings is 2. The van der Waals surface area contributed by atoms with Crippen molar-refractivity contribution in [3.05, 3.63) is 59.4 Å². The molecule has 1 heterocycles. The first kappa shape index (κ1) is 18.3. The van der Waals surface area contributed by atoms with Gasteiger partial charge >= 0.3 is 0 Å². The Balaban J connectivity index is 1.83. The molecule has 136 valence electrons. The number of likely N-dealkylation sites (N-methyl/N-ethyl adjacent to an activating group) is 1. The van der Waals surface area contributed by atoms with Gasteiger partial charge in [-0.2, -0.15) is 0 Å². The number of amides is 1. The quantitative estimate of drug-likeness (QED) is 0.790. The van der Waals surface area contributed by atoms with E-state index in [1.165, 1.54) is 25.1 Å². The Morgan fingerprint density at radius 2 is 1.81 bits per heavy atom. The van der Waals surface area contributed by atoms with Gasteiger partial charge in [-0.25, -0.2) is 4.39 Å². The largest absolute Gasteiger partial charge is 0.337 e. The molecule has 1 fully saturated rings. The van der Waals surface area contributed by atoms with Crippen LogP contribution >= 0.6 is 0 Å². The number of likely N-dealkylation sites (tertiary alicyclic amines) is 1. The van der Waals surface area contributed by atoms with Gasteiger partial charge in [0.05, 0.1) is 0 Å². The molecular formula is C21H23FN2O2. The highest BCUT2D eigenvalue weighted by atomic mass is 19.1. The minimum atomic E-state index is -0.392. The van der Waals surface area contributed by atoms with Crippen molar-refractivity contribution in [1.29, 1.82) is 0 Å². The number of Topliss-reactive ketones (excluding diaryl/α,β-unsaturated/α-hetero) is 1. The fourth-order valence-corrected chi connectivity index (χ4v) is 3.39. The topological polar surface area (TPSA) is 40.6 Å². The number of carbonyl (C=O) groups is 2. The Bertz CT molecular complexity index is 830. The molecule has 3 rings (SSSR count). The van der Waals surface area contributed by atoms with Crippen LogP contribution in [0.2, 0.25) is 0 Å². The molecule has 1 atom stereocenters. The Morgan fingerprint density at radius 3 is 2.38 bits per heavy atom. The molecule has 4 nitrogen and oxygen atoms in total. The summed E-state index contributed by atoms with van der Waals surface area (Å²) in [5.74, 6) is -0.504. The number of carbonyl (C=O) groups excluding carboxylic acids is 2. The molecule has 1 saturated heterocycles. The van der Waals surface area contributed by atoms with Crippen molar-refractivity contribution >= 4 is 11.7 Å². The summed E-state index contributed by atoms with van der Waals surface area (Å²) in [6, 6.07) is 11.6. The first-order valence-corrected chi connectivity index (χ1v) is 8.73. The second-order valence-corrected chi connectivity index (χ2v) is 6.98. The number of ketones is 1. The van der Waals surface area contributed by atoms with Gasteiger partial charge in [-0.05, 0) is 68.9 Å². The van der Waals surface area contributed by atoms with Crippen molar-refractivity contribution in [3.8, 4) is 11.1 Å². The van der Waals surface area contributed by atoms with E-state index < -0.39 is 5.82 Å². The summed E-state index contributed by atoms with van der Waals surface area (Å²) in [5, 5.41) is 0. The van der Waals surface area contributed by atoms with Gasteiger partial charge in [-0.3, -0.25) is 9.59 Å². The van der Waals surface area contributed by atoms with E-state index >= 15 is 0 Å². The first-order valence-electron chi connectivity index (χ1n) is 8.73. The Labute approximate surface area is 153 Å². The Kier molecular flexibility index (Phi) is 5.18. The summed E-state index contributed by atoms with van der Waals surface area (Å²) in [6.45, 7) is 2.94. The minimum absolute atomic E-state index is 0.00642. The molecule has 1 aliphatic rings. The molecule has 1 aliphatic heterocycles. The highest BCUT2D eigenvalue weighted by Gasteiger charge is 2.28. The van der Waals surface area contributed by atoms with Crippen LogP contribution in [0.5, 0.6) is 0 Å². The summed E-state index contributed by atoms with van der Waals surface area (Å²) in [7, 11) is 4.05. The molecule has 5 heteroatoms. The third kappa shape index (κ3) is 3.68. The van der Waals surface area contributed by atoms with Gasteiger partial charge in [0, 0.05) is 30.3 Å². The second kappa shape index (κ2) is 7.38. The van der Waals surface area contributed by atoms with Gasteiger partial charge in [0.15, 0.2) is 5.78 Å². The third-order valence-electron chi connectivity index (χ3n) is 4.98.